The fourth-order valence-corrected chi connectivity index (χ4v) is 4.13. The quantitative estimate of drug-likeness (QED) is 0.223. The predicted octanol–water partition coefficient (Wildman–Crippen LogP) is 5.69. The molecule has 0 aliphatic carbocycles. The van der Waals surface area contributed by atoms with E-state index in [4.69, 9.17) is 9.15 Å². The zero-order valence-electron chi connectivity index (χ0n) is 21.3. The molecule has 192 valence electrons. The number of hydrogen-bond acceptors (Lipinski definition) is 5. The van der Waals surface area contributed by atoms with Crippen LogP contribution in [-0.2, 0) is 25.7 Å². The Balaban J connectivity index is 1.46. The normalized spacial score (nSPS) is 14.1. The van der Waals surface area contributed by atoms with Crippen molar-refractivity contribution in [3.63, 3.8) is 0 Å². The van der Waals surface area contributed by atoms with Crippen molar-refractivity contribution < 1.29 is 24.5 Å². The third-order valence-corrected chi connectivity index (χ3v) is 6.59. The zero-order chi connectivity index (χ0) is 25.2. The number of H-pyrrole nitrogens is 1. The number of aromatic nitrogens is 1. The third kappa shape index (κ3) is 8.48. The molecule has 0 spiro atoms. The summed E-state index contributed by atoms with van der Waals surface area (Å²) in [5.74, 6) is 2.97. The SMILES string of the molecule is CCCCc1ccc(CCc2ccc(O)c(OCCc3cc([C@H](C)CC[C@H](O)[C@H](C)O)c[nH]3)c2)o1. The molecule has 0 unspecified atom stereocenters. The van der Waals surface area contributed by atoms with Gasteiger partial charge < -0.3 is 29.5 Å². The maximum atomic E-state index is 10.2. The number of aromatic hydroxyl groups is 1. The van der Waals surface area contributed by atoms with Crippen molar-refractivity contribution in [1.29, 1.82) is 0 Å². The van der Waals surface area contributed by atoms with E-state index >= 15 is 0 Å². The minimum Gasteiger partial charge on any atom is -0.504 e. The number of phenols is 1. The second-order valence-corrected chi connectivity index (χ2v) is 9.62. The first kappa shape index (κ1) is 26.9. The lowest BCUT2D eigenvalue weighted by molar-refractivity contribution is 0.0242. The van der Waals surface area contributed by atoms with Crippen LogP contribution in [0.15, 0.2) is 47.0 Å². The van der Waals surface area contributed by atoms with E-state index in [1.165, 1.54) is 5.56 Å². The fraction of sp³-hybridized carbons (Fsp3) is 0.517. The van der Waals surface area contributed by atoms with E-state index in [0.29, 0.717) is 25.2 Å². The minimum absolute atomic E-state index is 0.145. The number of aryl methyl sites for hydroxylation is 3. The van der Waals surface area contributed by atoms with Gasteiger partial charge in [-0.05, 0) is 80.0 Å². The molecule has 6 heteroatoms. The van der Waals surface area contributed by atoms with Gasteiger partial charge in [0.1, 0.15) is 11.5 Å². The Morgan fingerprint density at radius 3 is 2.46 bits per heavy atom. The lowest BCUT2D eigenvalue weighted by atomic mass is 9.95. The molecule has 0 aliphatic rings. The highest BCUT2D eigenvalue weighted by atomic mass is 16.5. The second-order valence-electron chi connectivity index (χ2n) is 9.62. The first-order chi connectivity index (χ1) is 16.9. The Kier molecular flexibility index (Phi) is 10.3. The zero-order valence-corrected chi connectivity index (χ0v) is 21.3. The molecular weight excluding hydrogens is 442 g/mol. The molecule has 3 rings (SSSR count). The highest BCUT2D eigenvalue weighted by molar-refractivity contribution is 5.42. The Hall–Kier alpha value is -2.70. The number of aromatic amines is 1. The number of ether oxygens (including phenoxy) is 1. The summed E-state index contributed by atoms with van der Waals surface area (Å²) in [5.41, 5.74) is 3.34. The van der Waals surface area contributed by atoms with Crippen LogP contribution in [0.5, 0.6) is 11.5 Å². The van der Waals surface area contributed by atoms with E-state index in [1.807, 2.05) is 18.3 Å². The van der Waals surface area contributed by atoms with E-state index in [0.717, 1.165) is 61.3 Å². The van der Waals surface area contributed by atoms with Crippen molar-refractivity contribution in [3.05, 3.63) is 70.9 Å². The number of benzene rings is 1. The van der Waals surface area contributed by atoms with Gasteiger partial charge in [0.25, 0.3) is 0 Å². The Labute approximate surface area is 209 Å². The molecule has 6 nitrogen and oxygen atoms in total. The van der Waals surface area contributed by atoms with Gasteiger partial charge in [-0.3, -0.25) is 0 Å². The standard InChI is InChI=1S/C29H41NO5/c1-4-5-6-25-11-12-26(35-25)10-8-22-9-14-28(33)29(17-22)34-16-15-24-18-23(19-30-24)20(2)7-13-27(32)21(3)31/h9,11-12,14,17-21,27,30-33H,4-8,10,13,15-16H2,1-3H3/t20-,21+,27+/m1/s1. The maximum Gasteiger partial charge on any atom is 0.161 e. The molecule has 2 heterocycles. The summed E-state index contributed by atoms with van der Waals surface area (Å²) in [6, 6.07) is 11.8. The van der Waals surface area contributed by atoms with Crippen LogP contribution < -0.4 is 4.74 Å². The van der Waals surface area contributed by atoms with Gasteiger partial charge in [0, 0.05) is 31.2 Å². The molecule has 0 radical (unpaired) electrons. The molecule has 35 heavy (non-hydrogen) atoms. The molecule has 0 aliphatic heterocycles. The molecule has 3 atom stereocenters. The molecular formula is C29H41NO5. The highest BCUT2D eigenvalue weighted by Crippen LogP contribution is 2.28. The third-order valence-electron chi connectivity index (χ3n) is 6.59. The van der Waals surface area contributed by atoms with Gasteiger partial charge in [0.15, 0.2) is 11.5 Å². The molecule has 1 aromatic carbocycles. The number of aliphatic hydroxyl groups is 2. The number of aliphatic hydroxyl groups excluding tert-OH is 2. The lowest BCUT2D eigenvalue weighted by Gasteiger charge is -2.16. The topological polar surface area (TPSA) is 98.9 Å². The summed E-state index contributed by atoms with van der Waals surface area (Å²) in [5, 5.41) is 29.5. The molecule has 0 saturated heterocycles. The maximum absolute atomic E-state index is 10.2. The Morgan fingerprint density at radius 2 is 1.71 bits per heavy atom. The van der Waals surface area contributed by atoms with Crippen molar-refractivity contribution >= 4 is 0 Å². The van der Waals surface area contributed by atoms with Gasteiger partial charge >= 0.3 is 0 Å². The van der Waals surface area contributed by atoms with Gasteiger partial charge in [-0.2, -0.15) is 0 Å². The van der Waals surface area contributed by atoms with Crippen LogP contribution in [-0.4, -0.2) is 39.1 Å². The van der Waals surface area contributed by atoms with Crippen LogP contribution in [0.25, 0.3) is 0 Å². The molecule has 3 aromatic rings. The number of rotatable bonds is 15. The highest BCUT2D eigenvalue weighted by Gasteiger charge is 2.15. The molecule has 0 amide bonds. The molecule has 2 aromatic heterocycles. The number of phenolic OH excluding ortho intramolecular Hbond substituents is 1. The van der Waals surface area contributed by atoms with Crippen molar-refractivity contribution in [1.82, 2.24) is 4.98 Å². The van der Waals surface area contributed by atoms with Crippen LogP contribution in [0.2, 0.25) is 0 Å². The summed E-state index contributed by atoms with van der Waals surface area (Å²) in [7, 11) is 0. The molecule has 4 N–H and O–H groups in total. The van der Waals surface area contributed by atoms with Crippen molar-refractivity contribution in [2.45, 2.75) is 90.3 Å². The van der Waals surface area contributed by atoms with Gasteiger partial charge in [0.05, 0.1) is 18.8 Å². The average Bonchev–Trinajstić information content (AvgIpc) is 3.51. The average molecular weight is 484 g/mol. The first-order valence-electron chi connectivity index (χ1n) is 12.9. The van der Waals surface area contributed by atoms with Gasteiger partial charge in [-0.15, -0.1) is 0 Å². The summed E-state index contributed by atoms with van der Waals surface area (Å²) < 4.78 is 11.8. The van der Waals surface area contributed by atoms with E-state index in [1.54, 1.807) is 13.0 Å². The summed E-state index contributed by atoms with van der Waals surface area (Å²) in [6.45, 7) is 6.36. The number of furan rings is 1. The molecule has 0 bridgehead atoms. The lowest BCUT2D eigenvalue weighted by Crippen LogP contribution is -2.22. The van der Waals surface area contributed by atoms with Crippen LogP contribution in [0.3, 0.4) is 0 Å². The van der Waals surface area contributed by atoms with Gasteiger partial charge in [0.2, 0.25) is 0 Å². The monoisotopic (exact) mass is 483 g/mol. The van der Waals surface area contributed by atoms with Crippen LogP contribution in [0.4, 0.5) is 0 Å². The number of unbranched alkanes of at least 4 members (excludes halogenated alkanes) is 1. The number of hydrogen-bond donors (Lipinski definition) is 4. The van der Waals surface area contributed by atoms with Gasteiger partial charge in [-0.1, -0.05) is 26.3 Å². The van der Waals surface area contributed by atoms with Crippen LogP contribution >= 0.6 is 0 Å². The number of nitrogens with one attached hydrogen (secondary N) is 1. The Bertz CT molecular complexity index is 1020. The van der Waals surface area contributed by atoms with Crippen molar-refractivity contribution in [2.24, 2.45) is 0 Å². The summed E-state index contributed by atoms with van der Waals surface area (Å²) >= 11 is 0. The summed E-state index contributed by atoms with van der Waals surface area (Å²) in [6.07, 6.45) is 7.59. The smallest absolute Gasteiger partial charge is 0.161 e. The van der Waals surface area contributed by atoms with Crippen LogP contribution in [0, 0.1) is 0 Å². The second kappa shape index (κ2) is 13.4. The first-order valence-corrected chi connectivity index (χ1v) is 12.9. The summed E-state index contributed by atoms with van der Waals surface area (Å²) in [4.78, 5) is 3.30. The van der Waals surface area contributed by atoms with Crippen LogP contribution in [0.1, 0.15) is 80.7 Å². The largest absolute Gasteiger partial charge is 0.504 e. The minimum atomic E-state index is -0.704. The predicted molar refractivity (Wildman–Crippen MR) is 138 cm³/mol. The van der Waals surface area contributed by atoms with E-state index in [-0.39, 0.29) is 11.7 Å². The fourth-order valence-electron chi connectivity index (χ4n) is 4.13. The van der Waals surface area contributed by atoms with E-state index in [9.17, 15) is 15.3 Å². The van der Waals surface area contributed by atoms with Gasteiger partial charge in [-0.25, -0.2) is 0 Å². The molecule has 0 fully saturated rings. The molecule has 0 saturated carbocycles. The van der Waals surface area contributed by atoms with E-state index in [2.05, 4.69) is 37.0 Å². The van der Waals surface area contributed by atoms with Crippen molar-refractivity contribution in [3.8, 4) is 11.5 Å². The van der Waals surface area contributed by atoms with Crippen molar-refractivity contribution in [2.75, 3.05) is 6.61 Å². The Morgan fingerprint density at radius 1 is 0.943 bits per heavy atom. The van der Waals surface area contributed by atoms with E-state index < -0.39 is 12.2 Å².